The second-order valence-corrected chi connectivity index (χ2v) is 4.43. The van der Waals surface area contributed by atoms with Gasteiger partial charge in [0.2, 0.25) is 0 Å². The minimum absolute atomic E-state index is 0.00874. The van der Waals surface area contributed by atoms with E-state index in [1.807, 2.05) is 0 Å². The van der Waals surface area contributed by atoms with Crippen LogP contribution < -0.4 is 5.32 Å². The van der Waals surface area contributed by atoms with Gasteiger partial charge in [-0.25, -0.2) is 13.8 Å². The first kappa shape index (κ1) is 13.4. The Morgan fingerprint density at radius 2 is 2.05 bits per heavy atom. The summed E-state index contributed by atoms with van der Waals surface area (Å²) in [6.07, 6.45) is 1.31. The number of anilines is 1. The fourth-order valence-electron chi connectivity index (χ4n) is 1.37. The summed E-state index contributed by atoms with van der Waals surface area (Å²) in [5.74, 6) is -2.84. The molecule has 4 nitrogen and oxygen atoms in total. The summed E-state index contributed by atoms with van der Waals surface area (Å²) < 4.78 is 26.5. The van der Waals surface area contributed by atoms with Gasteiger partial charge in [0.05, 0.1) is 10.2 Å². The minimum atomic E-state index is -0.926. The minimum Gasteiger partial charge on any atom is -0.505 e. The van der Waals surface area contributed by atoms with Crippen LogP contribution in [0.1, 0.15) is 10.5 Å². The standard InChI is InChI=1S/C12H7BrF2N2O2/c13-6-4-9(8(15)5-7(6)14)17-12(19)11-10(18)2-1-3-16-11/h1-5,18H,(H,17,19). The molecule has 7 heteroatoms. The fraction of sp³-hybridized carbons (Fsp3) is 0. The Kier molecular flexibility index (Phi) is 3.75. The Balaban J connectivity index is 2.30. The molecule has 0 saturated heterocycles. The van der Waals surface area contributed by atoms with Crippen LogP contribution in [0.5, 0.6) is 5.75 Å². The van der Waals surface area contributed by atoms with Gasteiger partial charge in [0.1, 0.15) is 17.4 Å². The van der Waals surface area contributed by atoms with Gasteiger partial charge >= 0.3 is 0 Å². The van der Waals surface area contributed by atoms with Gasteiger partial charge in [-0.3, -0.25) is 4.79 Å². The molecule has 0 atom stereocenters. The van der Waals surface area contributed by atoms with Crippen LogP contribution in [0.3, 0.4) is 0 Å². The maximum atomic E-state index is 13.4. The van der Waals surface area contributed by atoms with Crippen molar-refractivity contribution in [3.05, 3.63) is 52.3 Å². The number of benzene rings is 1. The Hall–Kier alpha value is -2.02. The molecule has 2 N–H and O–H groups in total. The number of aromatic nitrogens is 1. The zero-order valence-corrected chi connectivity index (χ0v) is 10.9. The number of carbonyl (C=O) groups is 1. The fourth-order valence-corrected chi connectivity index (χ4v) is 1.72. The number of halogens is 3. The molecule has 1 aromatic heterocycles. The summed E-state index contributed by atoms with van der Waals surface area (Å²) >= 11 is 2.88. The van der Waals surface area contributed by atoms with Crippen molar-refractivity contribution in [1.29, 1.82) is 0 Å². The highest BCUT2D eigenvalue weighted by Gasteiger charge is 2.15. The second kappa shape index (κ2) is 5.31. The van der Waals surface area contributed by atoms with Crippen molar-refractivity contribution in [2.75, 3.05) is 5.32 Å². The molecule has 98 valence electrons. The molecule has 1 amide bonds. The molecule has 0 fully saturated rings. The topological polar surface area (TPSA) is 62.2 Å². The van der Waals surface area contributed by atoms with Gasteiger partial charge in [0.25, 0.3) is 5.91 Å². The van der Waals surface area contributed by atoms with E-state index in [0.29, 0.717) is 6.07 Å². The molecule has 0 spiro atoms. The molecule has 2 rings (SSSR count). The lowest BCUT2D eigenvalue weighted by atomic mass is 10.2. The van der Waals surface area contributed by atoms with E-state index in [-0.39, 0.29) is 21.6 Å². The first-order valence-corrected chi connectivity index (χ1v) is 5.88. The van der Waals surface area contributed by atoms with Crippen LogP contribution >= 0.6 is 15.9 Å². The van der Waals surface area contributed by atoms with Crippen LogP contribution in [0.25, 0.3) is 0 Å². The maximum absolute atomic E-state index is 13.4. The molecular formula is C12H7BrF2N2O2. The summed E-state index contributed by atoms with van der Waals surface area (Å²) in [6, 6.07) is 4.44. The van der Waals surface area contributed by atoms with E-state index >= 15 is 0 Å². The molecule has 1 aromatic carbocycles. The van der Waals surface area contributed by atoms with E-state index < -0.39 is 17.5 Å². The number of pyridine rings is 1. The van der Waals surface area contributed by atoms with Gasteiger partial charge in [0.15, 0.2) is 5.69 Å². The molecule has 2 aromatic rings. The molecule has 0 radical (unpaired) electrons. The van der Waals surface area contributed by atoms with E-state index in [0.717, 1.165) is 6.07 Å². The Labute approximate surface area is 115 Å². The third-order valence-electron chi connectivity index (χ3n) is 2.26. The number of hydrogen-bond acceptors (Lipinski definition) is 3. The average molecular weight is 329 g/mol. The van der Waals surface area contributed by atoms with Crippen LogP contribution in [0.4, 0.5) is 14.5 Å². The highest BCUT2D eigenvalue weighted by Crippen LogP contribution is 2.24. The SMILES string of the molecule is O=C(Nc1cc(Br)c(F)cc1F)c1ncccc1O. The van der Waals surface area contributed by atoms with Crippen molar-refractivity contribution in [1.82, 2.24) is 4.98 Å². The van der Waals surface area contributed by atoms with E-state index in [1.54, 1.807) is 0 Å². The molecule has 0 aliphatic heterocycles. The predicted octanol–water partition coefficient (Wildman–Crippen LogP) is 3.08. The number of hydrogen-bond donors (Lipinski definition) is 2. The van der Waals surface area contributed by atoms with Gasteiger partial charge < -0.3 is 10.4 Å². The van der Waals surface area contributed by atoms with Crippen molar-refractivity contribution in [3.63, 3.8) is 0 Å². The smallest absolute Gasteiger partial charge is 0.278 e. The molecule has 0 aliphatic rings. The van der Waals surface area contributed by atoms with Gasteiger partial charge in [-0.1, -0.05) is 0 Å². The first-order valence-electron chi connectivity index (χ1n) is 5.09. The van der Waals surface area contributed by atoms with E-state index in [2.05, 4.69) is 26.2 Å². The largest absolute Gasteiger partial charge is 0.505 e. The Bertz CT molecular complexity index is 650. The average Bonchev–Trinajstić information content (AvgIpc) is 2.36. The Morgan fingerprint density at radius 1 is 1.32 bits per heavy atom. The van der Waals surface area contributed by atoms with Gasteiger partial charge in [0, 0.05) is 12.3 Å². The molecule has 0 bridgehead atoms. The van der Waals surface area contributed by atoms with Crippen LogP contribution in [0.15, 0.2) is 34.9 Å². The highest BCUT2D eigenvalue weighted by molar-refractivity contribution is 9.10. The number of nitrogens with zero attached hydrogens (tertiary/aromatic N) is 1. The van der Waals surface area contributed by atoms with Crippen molar-refractivity contribution in [2.45, 2.75) is 0 Å². The lowest BCUT2D eigenvalue weighted by Gasteiger charge is -2.07. The monoisotopic (exact) mass is 328 g/mol. The van der Waals surface area contributed by atoms with Crippen molar-refractivity contribution < 1.29 is 18.7 Å². The molecule has 0 aliphatic carbocycles. The van der Waals surface area contributed by atoms with Crippen molar-refractivity contribution in [2.24, 2.45) is 0 Å². The third kappa shape index (κ3) is 2.87. The van der Waals surface area contributed by atoms with E-state index in [4.69, 9.17) is 0 Å². The van der Waals surface area contributed by atoms with Crippen LogP contribution in [0, 0.1) is 11.6 Å². The summed E-state index contributed by atoms with van der Waals surface area (Å²) in [7, 11) is 0. The molecule has 0 unspecified atom stereocenters. The predicted molar refractivity (Wildman–Crippen MR) is 67.9 cm³/mol. The zero-order valence-electron chi connectivity index (χ0n) is 9.32. The van der Waals surface area contributed by atoms with Gasteiger partial charge in [-0.05, 0) is 34.1 Å². The normalized spacial score (nSPS) is 10.3. The zero-order chi connectivity index (χ0) is 14.0. The van der Waals surface area contributed by atoms with Crippen LogP contribution in [-0.4, -0.2) is 16.0 Å². The number of carbonyl (C=O) groups excluding carboxylic acids is 1. The highest BCUT2D eigenvalue weighted by atomic mass is 79.9. The summed E-state index contributed by atoms with van der Waals surface area (Å²) in [5.41, 5.74) is -0.467. The van der Waals surface area contributed by atoms with Crippen molar-refractivity contribution >= 4 is 27.5 Å². The quantitative estimate of drug-likeness (QED) is 0.833. The number of rotatable bonds is 2. The molecule has 1 heterocycles. The molecule has 0 saturated carbocycles. The summed E-state index contributed by atoms with van der Waals surface area (Å²) in [5, 5.41) is 11.6. The lowest BCUT2D eigenvalue weighted by Crippen LogP contribution is -2.15. The Morgan fingerprint density at radius 3 is 2.74 bits per heavy atom. The summed E-state index contributed by atoms with van der Waals surface area (Å²) in [6.45, 7) is 0. The molecular weight excluding hydrogens is 322 g/mol. The lowest BCUT2D eigenvalue weighted by molar-refractivity contribution is 0.101. The van der Waals surface area contributed by atoms with E-state index in [1.165, 1.54) is 18.3 Å². The maximum Gasteiger partial charge on any atom is 0.278 e. The second-order valence-electron chi connectivity index (χ2n) is 3.57. The number of amides is 1. The van der Waals surface area contributed by atoms with Gasteiger partial charge in [-0.15, -0.1) is 0 Å². The van der Waals surface area contributed by atoms with E-state index in [9.17, 15) is 18.7 Å². The van der Waals surface area contributed by atoms with Gasteiger partial charge in [-0.2, -0.15) is 0 Å². The van der Waals surface area contributed by atoms with Crippen LogP contribution in [0.2, 0.25) is 0 Å². The van der Waals surface area contributed by atoms with Crippen molar-refractivity contribution in [3.8, 4) is 5.75 Å². The third-order valence-corrected chi connectivity index (χ3v) is 2.87. The summed E-state index contributed by atoms with van der Waals surface area (Å²) in [4.78, 5) is 15.4. The number of aromatic hydroxyl groups is 1. The first-order chi connectivity index (χ1) is 8.99. The molecule has 19 heavy (non-hydrogen) atoms. The number of nitrogens with one attached hydrogen (secondary N) is 1. The van der Waals surface area contributed by atoms with Crippen LogP contribution in [-0.2, 0) is 0 Å².